The van der Waals surface area contributed by atoms with Gasteiger partial charge in [-0.1, -0.05) is 23.7 Å². The van der Waals surface area contributed by atoms with Gasteiger partial charge in [-0.05, 0) is 30.3 Å². The number of imidazole rings is 1. The molecule has 1 aliphatic heterocycles. The zero-order valence-electron chi connectivity index (χ0n) is 15.5. The standard InChI is InChI=1S/C21H15ClN4O2S2/c22-13-3-6-17-15(9-13)24-20(28)18(30-17)10-19(27)23-14-4-1-12(2-5-14)16-11-26-7-8-29-21(26)25-16/h1-9,11,18H,10H2,(H,23,27)(H,24,28). The van der Waals surface area contributed by atoms with E-state index in [0.29, 0.717) is 16.4 Å². The van der Waals surface area contributed by atoms with Gasteiger partial charge in [-0.15, -0.1) is 23.1 Å². The monoisotopic (exact) mass is 454 g/mol. The van der Waals surface area contributed by atoms with E-state index in [1.54, 1.807) is 23.5 Å². The highest BCUT2D eigenvalue weighted by atomic mass is 35.5. The van der Waals surface area contributed by atoms with Crippen LogP contribution in [-0.2, 0) is 9.59 Å². The van der Waals surface area contributed by atoms with Crippen LogP contribution in [0.15, 0.2) is 65.1 Å². The number of nitrogens with one attached hydrogen (secondary N) is 2. The van der Waals surface area contributed by atoms with E-state index < -0.39 is 5.25 Å². The molecule has 6 nitrogen and oxygen atoms in total. The Morgan fingerprint density at radius 3 is 2.87 bits per heavy atom. The molecule has 5 rings (SSSR count). The van der Waals surface area contributed by atoms with Gasteiger partial charge in [0.2, 0.25) is 11.8 Å². The van der Waals surface area contributed by atoms with E-state index in [0.717, 1.165) is 21.1 Å². The van der Waals surface area contributed by atoms with Gasteiger partial charge in [0, 0.05) is 45.4 Å². The summed E-state index contributed by atoms with van der Waals surface area (Å²) in [5.41, 5.74) is 3.22. The fraction of sp³-hybridized carbons (Fsp3) is 0.0952. The summed E-state index contributed by atoms with van der Waals surface area (Å²) in [6.07, 6.45) is 4.03. The summed E-state index contributed by atoms with van der Waals surface area (Å²) in [6, 6.07) is 12.9. The number of aromatic nitrogens is 2. The van der Waals surface area contributed by atoms with Crippen LogP contribution in [0.1, 0.15) is 6.42 Å². The number of hydrogen-bond acceptors (Lipinski definition) is 5. The maximum absolute atomic E-state index is 12.5. The zero-order chi connectivity index (χ0) is 20.7. The largest absolute Gasteiger partial charge is 0.326 e. The third-order valence-corrected chi connectivity index (χ3v) is 6.97. The number of nitrogens with zero attached hydrogens (tertiary/aromatic N) is 2. The number of fused-ring (bicyclic) bond motifs is 2. The maximum Gasteiger partial charge on any atom is 0.238 e. The lowest BCUT2D eigenvalue weighted by molar-refractivity contribution is -0.120. The number of amides is 2. The molecule has 30 heavy (non-hydrogen) atoms. The van der Waals surface area contributed by atoms with E-state index in [2.05, 4.69) is 15.6 Å². The Kier molecular flexibility index (Phi) is 4.98. The van der Waals surface area contributed by atoms with Crippen molar-refractivity contribution in [1.29, 1.82) is 0 Å². The molecule has 9 heteroatoms. The number of halogens is 1. The summed E-state index contributed by atoms with van der Waals surface area (Å²) in [7, 11) is 0. The lowest BCUT2D eigenvalue weighted by Gasteiger charge is -2.23. The molecule has 150 valence electrons. The van der Waals surface area contributed by atoms with Crippen molar-refractivity contribution >= 4 is 62.8 Å². The third kappa shape index (κ3) is 3.81. The fourth-order valence-electron chi connectivity index (χ4n) is 3.23. The lowest BCUT2D eigenvalue weighted by Crippen LogP contribution is -2.32. The van der Waals surface area contributed by atoms with Gasteiger partial charge in [0.15, 0.2) is 4.96 Å². The average Bonchev–Trinajstić information content (AvgIpc) is 3.31. The van der Waals surface area contributed by atoms with Crippen LogP contribution in [0.4, 0.5) is 11.4 Å². The van der Waals surface area contributed by atoms with Gasteiger partial charge in [0.1, 0.15) is 0 Å². The van der Waals surface area contributed by atoms with Gasteiger partial charge in [-0.3, -0.25) is 14.0 Å². The molecule has 0 spiro atoms. The van der Waals surface area contributed by atoms with Crippen LogP contribution in [0.3, 0.4) is 0 Å². The Hall–Kier alpha value is -2.81. The number of thioether (sulfide) groups is 1. The quantitative estimate of drug-likeness (QED) is 0.446. The molecular weight excluding hydrogens is 440 g/mol. The first-order valence-electron chi connectivity index (χ1n) is 9.15. The molecule has 2 aromatic heterocycles. The molecule has 4 aromatic rings. The molecule has 1 unspecified atom stereocenters. The van der Waals surface area contributed by atoms with Crippen molar-refractivity contribution in [2.75, 3.05) is 10.6 Å². The fourth-order valence-corrected chi connectivity index (χ4v) is 5.19. The van der Waals surface area contributed by atoms with Crippen LogP contribution in [0.25, 0.3) is 16.2 Å². The van der Waals surface area contributed by atoms with Gasteiger partial charge in [0.05, 0.1) is 16.6 Å². The van der Waals surface area contributed by atoms with Gasteiger partial charge < -0.3 is 10.6 Å². The number of thiazole rings is 1. The van der Waals surface area contributed by atoms with Crippen LogP contribution >= 0.6 is 34.7 Å². The van der Waals surface area contributed by atoms with Gasteiger partial charge in [-0.2, -0.15) is 0 Å². The molecular formula is C21H15ClN4O2S2. The van der Waals surface area contributed by atoms with Crippen molar-refractivity contribution in [3.8, 4) is 11.3 Å². The number of hydrogen-bond donors (Lipinski definition) is 2. The molecule has 0 fully saturated rings. The smallest absolute Gasteiger partial charge is 0.238 e. The van der Waals surface area contributed by atoms with Crippen molar-refractivity contribution in [3.63, 3.8) is 0 Å². The highest BCUT2D eigenvalue weighted by molar-refractivity contribution is 8.01. The normalized spacial score (nSPS) is 15.6. The number of anilines is 2. The number of benzene rings is 2. The molecule has 2 aromatic carbocycles. The summed E-state index contributed by atoms with van der Waals surface area (Å²) in [5.74, 6) is -0.407. The second-order valence-electron chi connectivity index (χ2n) is 6.78. The van der Waals surface area contributed by atoms with Gasteiger partial charge in [0.25, 0.3) is 0 Å². The van der Waals surface area contributed by atoms with Crippen molar-refractivity contribution < 1.29 is 9.59 Å². The van der Waals surface area contributed by atoms with Crippen molar-refractivity contribution in [2.24, 2.45) is 0 Å². The molecule has 2 amide bonds. The summed E-state index contributed by atoms with van der Waals surface area (Å²) < 4.78 is 1.98. The minimum absolute atomic E-state index is 0.0810. The first-order valence-corrected chi connectivity index (χ1v) is 11.3. The first kappa shape index (κ1) is 19.2. The minimum atomic E-state index is -0.489. The van der Waals surface area contributed by atoms with Crippen LogP contribution in [-0.4, -0.2) is 26.4 Å². The Morgan fingerprint density at radius 2 is 2.07 bits per heavy atom. The third-order valence-electron chi connectivity index (χ3n) is 4.69. The van der Waals surface area contributed by atoms with Crippen LogP contribution < -0.4 is 10.6 Å². The molecule has 0 saturated carbocycles. The van der Waals surface area contributed by atoms with E-state index in [1.165, 1.54) is 11.8 Å². The summed E-state index contributed by atoms with van der Waals surface area (Å²) in [4.78, 5) is 31.3. The van der Waals surface area contributed by atoms with E-state index in [1.807, 2.05) is 52.5 Å². The van der Waals surface area contributed by atoms with E-state index >= 15 is 0 Å². The Labute approximate surface area is 185 Å². The molecule has 2 N–H and O–H groups in total. The molecule has 3 heterocycles. The molecule has 0 bridgehead atoms. The number of rotatable bonds is 4. The minimum Gasteiger partial charge on any atom is -0.326 e. The van der Waals surface area contributed by atoms with Crippen molar-refractivity contribution in [3.05, 3.63) is 65.3 Å². The van der Waals surface area contributed by atoms with E-state index in [-0.39, 0.29) is 18.2 Å². The highest BCUT2D eigenvalue weighted by Gasteiger charge is 2.29. The van der Waals surface area contributed by atoms with Crippen molar-refractivity contribution in [1.82, 2.24) is 9.38 Å². The number of carbonyl (C=O) groups is 2. The summed E-state index contributed by atoms with van der Waals surface area (Å²) in [5, 5.41) is 7.75. The van der Waals surface area contributed by atoms with E-state index in [9.17, 15) is 9.59 Å². The second kappa shape index (κ2) is 7.79. The maximum atomic E-state index is 12.5. The van der Waals surface area contributed by atoms with Crippen LogP contribution in [0.2, 0.25) is 5.02 Å². The Bertz CT molecular complexity index is 1240. The highest BCUT2D eigenvalue weighted by Crippen LogP contribution is 2.38. The van der Waals surface area contributed by atoms with E-state index in [4.69, 9.17) is 11.6 Å². The van der Waals surface area contributed by atoms with Crippen molar-refractivity contribution in [2.45, 2.75) is 16.6 Å². The first-order chi connectivity index (χ1) is 14.5. The lowest BCUT2D eigenvalue weighted by atomic mass is 10.1. The van der Waals surface area contributed by atoms with Gasteiger partial charge >= 0.3 is 0 Å². The van der Waals surface area contributed by atoms with Crippen LogP contribution in [0.5, 0.6) is 0 Å². The second-order valence-corrected chi connectivity index (χ2v) is 9.34. The SMILES string of the molecule is O=C(CC1Sc2ccc(Cl)cc2NC1=O)Nc1ccc(-c2cn3ccsc3n2)cc1. The number of carbonyl (C=O) groups excluding carboxylic acids is 2. The van der Waals surface area contributed by atoms with Gasteiger partial charge in [-0.25, -0.2) is 4.98 Å². The predicted octanol–water partition coefficient (Wildman–Crippen LogP) is 5.16. The predicted molar refractivity (Wildman–Crippen MR) is 121 cm³/mol. The summed E-state index contributed by atoms with van der Waals surface area (Å²) >= 11 is 8.93. The van der Waals surface area contributed by atoms with Crippen LogP contribution in [0, 0.1) is 0 Å². The molecule has 0 saturated heterocycles. The molecule has 1 aliphatic rings. The molecule has 1 atom stereocenters. The molecule has 0 radical (unpaired) electrons. The zero-order valence-corrected chi connectivity index (χ0v) is 17.9. The Balaban J connectivity index is 1.24. The topological polar surface area (TPSA) is 75.5 Å². The average molecular weight is 455 g/mol. The summed E-state index contributed by atoms with van der Waals surface area (Å²) in [6.45, 7) is 0. The Morgan fingerprint density at radius 1 is 1.23 bits per heavy atom. The molecule has 0 aliphatic carbocycles.